The minimum absolute atomic E-state index is 0.00479. The molecule has 208 valence electrons. The summed E-state index contributed by atoms with van der Waals surface area (Å²) in [6.45, 7) is 1.15. The number of carbonyl (C=O) groups is 4. The summed E-state index contributed by atoms with van der Waals surface area (Å²) in [6.07, 6.45) is 4.09. The maximum absolute atomic E-state index is 13.5. The van der Waals surface area contributed by atoms with Crippen LogP contribution in [0.15, 0.2) is 60.7 Å². The monoisotopic (exact) mass is 534 g/mol. The molecule has 2 aliphatic heterocycles. The van der Waals surface area contributed by atoms with E-state index in [9.17, 15) is 24.3 Å². The van der Waals surface area contributed by atoms with E-state index in [0.29, 0.717) is 38.6 Å². The number of carboxylic acid groups (broad SMARTS) is 1. The minimum atomic E-state index is -1.03. The second-order valence-corrected chi connectivity index (χ2v) is 10.4. The molecule has 2 aromatic rings. The Kier molecular flexibility index (Phi) is 10.1. The zero-order valence-electron chi connectivity index (χ0n) is 22.2. The van der Waals surface area contributed by atoms with Gasteiger partial charge in [-0.25, -0.2) is 4.79 Å². The molecule has 0 aliphatic carbocycles. The third-order valence-electron chi connectivity index (χ3n) is 7.50. The second-order valence-electron chi connectivity index (χ2n) is 10.4. The number of benzene rings is 2. The van der Waals surface area contributed by atoms with Crippen LogP contribution in [0.25, 0.3) is 0 Å². The lowest BCUT2D eigenvalue weighted by molar-refractivity contribution is -0.149. The van der Waals surface area contributed by atoms with Gasteiger partial charge in [0.2, 0.25) is 17.7 Å². The summed E-state index contributed by atoms with van der Waals surface area (Å²) in [5.74, 6) is -1.88. The molecule has 39 heavy (non-hydrogen) atoms. The van der Waals surface area contributed by atoms with Crippen LogP contribution >= 0.6 is 0 Å². The number of likely N-dealkylation sites (tertiary alicyclic amines) is 1. The summed E-state index contributed by atoms with van der Waals surface area (Å²) in [4.78, 5) is 52.8. The first kappa shape index (κ1) is 28.3. The molecule has 4 rings (SSSR count). The van der Waals surface area contributed by atoms with Crippen LogP contribution in [0, 0.1) is 0 Å². The highest BCUT2D eigenvalue weighted by Crippen LogP contribution is 2.20. The van der Waals surface area contributed by atoms with Crippen molar-refractivity contribution in [2.45, 2.75) is 75.5 Å². The van der Waals surface area contributed by atoms with Crippen molar-refractivity contribution in [2.24, 2.45) is 0 Å². The molecule has 4 N–H and O–H groups in total. The van der Waals surface area contributed by atoms with Crippen molar-refractivity contribution >= 4 is 23.7 Å². The predicted octanol–water partition coefficient (Wildman–Crippen LogP) is 2.05. The second kappa shape index (κ2) is 13.9. The van der Waals surface area contributed by atoms with Gasteiger partial charge in [0.15, 0.2) is 0 Å². The van der Waals surface area contributed by atoms with E-state index < -0.39 is 24.1 Å². The minimum Gasteiger partial charge on any atom is -0.480 e. The molecule has 9 heteroatoms. The molecule has 0 radical (unpaired) electrons. The van der Waals surface area contributed by atoms with Gasteiger partial charge in [-0.15, -0.1) is 0 Å². The summed E-state index contributed by atoms with van der Waals surface area (Å²) in [7, 11) is 0. The summed E-state index contributed by atoms with van der Waals surface area (Å²) in [5.41, 5.74) is 2.02. The van der Waals surface area contributed by atoms with Crippen LogP contribution in [0.2, 0.25) is 0 Å². The number of nitrogens with one attached hydrogen (secondary N) is 3. The fraction of sp³-hybridized carbons (Fsp3) is 0.467. The molecule has 4 atom stereocenters. The SMILES string of the molecule is O=C(CC(Cc1ccccc1)NC(=O)C1CCCN1)NC(CCc1ccccc1)C(=O)N1CCCC1C(=O)O. The molecule has 4 unspecified atom stereocenters. The van der Waals surface area contributed by atoms with Gasteiger partial charge in [0.1, 0.15) is 12.1 Å². The highest BCUT2D eigenvalue weighted by molar-refractivity contribution is 5.91. The summed E-state index contributed by atoms with van der Waals surface area (Å²) in [6, 6.07) is 16.9. The molecule has 0 aromatic heterocycles. The number of hydrogen-bond acceptors (Lipinski definition) is 5. The summed E-state index contributed by atoms with van der Waals surface area (Å²) >= 11 is 0. The van der Waals surface area contributed by atoms with Crippen molar-refractivity contribution in [1.29, 1.82) is 0 Å². The molecule has 0 spiro atoms. The van der Waals surface area contributed by atoms with E-state index in [0.717, 1.165) is 30.5 Å². The predicted molar refractivity (Wildman–Crippen MR) is 147 cm³/mol. The van der Waals surface area contributed by atoms with E-state index in [4.69, 9.17) is 0 Å². The maximum Gasteiger partial charge on any atom is 0.326 e. The fourth-order valence-electron chi connectivity index (χ4n) is 5.46. The topological polar surface area (TPSA) is 128 Å². The molecule has 3 amide bonds. The molecule has 9 nitrogen and oxygen atoms in total. The van der Waals surface area contributed by atoms with Crippen molar-refractivity contribution in [3.63, 3.8) is 0 Å². The van der Waals surface area contributed by atoms with Crippen LogP contribution in [-0.2, 0) is 32.0 Å². The van der Waals surface area contributed by atoms with Gasteiger partial charge in [-0.3, -0.25) is 14.4 Å². The van der Waals surface area contributed by atoms with Crippen LogP contribution in [0.5, 0.6) is 0 Å². The molecular formula is C30H38N4O5. The number of rotatable bonds is 12. The number of aliphatic carboxylic acids is 1. The quantitative estimate of drug-likeness (QED) is 0.330. The van der Waals surface area contributed by atoms with Crippen LogP contribution in [-0.4, -0.2) is 71.0 Å². The van der Waals surface area contributed by atoms with Gasteiger partial charge < -0.3 is 26.0 Å². The van der Waals surface area contributed by atoms with Gasteiger partial charge >= 0.3 is 5.97 Å². The number of carbonyl (C=O) groups excluding carboxylic acids is 3. The third-order valence-corrected chi connectivity index (χ3v) is 7.50. The van der Waals surface area contributed by atoms with E-state index in [1.54, 1.807) is 0 Å². The van der Waals surface area contributed by atoms with E-state index in [2.05, 4.69) is 16.0 Å². The molecule has 2 aromatic carbocycles. The Morgan fingerprint density at radius 1 is 0.923 bits per heavy atom. The molecular weight excluding hydrogens is 496 g/mol. The molecule has 2 fully saturated rings. The summed E-state index contributed by atoms with van der Waals surface area (Å²) in [5, 5.41) is 18.7. The first-order valence-corrected chi connectivity index (χ1v) is 13.8. The van der Waals surface area contributed by atoms with Crippen molar-refractivity contribution in [1.82, 2.24) is 20.9 Å². The van der Waals surface area contributed by atoms with Crippen molar-refractivity contribution in [2.75, 3.05) is 13.1 Å². The number of amides is 3. The van der Waals surface area contributed by atoms with Gasteiger partial charge in [0.05, 0.1) is 6.04 Å². The number of aryl methyl sites for hydroxylation is 1. The highest BCUT2D eigenvalue weighted by atomic mass is 16.4. The van der Waals surface area contributed by atoms with E-state index >= 15 is 0 Å². The van der Waals surface area contributed by atoms with E-state index in [-0.39, 0.29) is 30.2 Å². The van der Waals surface area contributed by atoms with Crippen molar-refractivity contribution < 1.29 is 24.3 Å². The van der Waals surface area contributed by atoms with E-state index in [1.165, 1.54) is 4.90 Å². The van der Waals surface area contributed by atoms with Gasteiger partial charge in [-0.05, 0) is 62.6 Å². The third kappa shape index (κ3) is 8.13. The molecule has 0 saturated carbocycles. The Morgan fingerprint density at radius 3 is 2.26 bits per heavy atom. The van der Waals surface area contributed by atoms with Crippen molar-refractivity contribution in [3.05, 3.63) is 71.8 Å². The largest absolute Gasteiger partial charge is 0.480 e. The van der Waals surface area contributed by atoms with Crippen LogP contribution in [0.3, 0.4) is 0 Å². The van der Waals surface area contributed by atoms with Gasteiger partial charge in [-0.1, -0.05) is 60.7 Å². The lowest BCUT2D eigenvalue weighted by atomic mass is 10.0. The maximum atomic E-state index is 13.5. The number of hydrogen-bond donors (Lipinski definition) is 4. The molecule has 2 aliphatic rings. The smallest absolute Gasteiger partial charge is 0.326 e. The van der Waals surface area contributed by atoms with Crippen LogP contribution < -0.4 is 16.0 Å². The zero-order chi connectivity index (χ0) is 27.6. The molecule has 0 bridgehead atoms. The van der Waals surface area contributed by atoms with Gasteiger partial charge in [0, 0.05) is 19.0 Å². The van der Waals surface area contributed by atoms with Crippen LogP contribution in [0.4, 0.5) is 0 Å². The Morgan fingerprint density at radius 2 is 1.62 bits per heavy atom. The summed E-state index contributed by atoms with van der Waals surface area (Å²) < 4.78 is 0. The zero-order valence-corrected chi connectivity index (χ0v) is 22.2. The average Bonchev–Trinajstić information content (AvgIpc) is 3.65. The molecule has 2 heterocycles. The van der Waals surface area contributed by atoms with Gasteiger partial charge in [-0.2, -0.15) is 0 Å². The normalized spacial score (nSPS) is 20.3. The average molecular weight is 535 g/mol. The standard InChI is InChI=1S/C30H38N4O5/c35-27(20-23(19-22-11-5-2-6-12-22)32-28(36)24-13-7-17-31-24)33-25(16-15-21-9-3-1-4-10-21)29(37)34-18-8-14-26(34)30(38)39/h1-6,9-12,23-26,31H,7-8,13-20H2,(H,32,36)(H,33,35)(H,38,39). The van der Waals surface area contributed by atoms with Crippen LogP contribution in [0.1, 0.15) is 49.7 Å². The van der Waals surface area contributed by atoms with E-state index in [1.807, 2.05) is 60.7 Å². The molecule has 2 saturated heterocycles. The Bertz CT molecular complexity index is 1120. The lowest BCUT2D eigenvalue weighted by Crippen LogP contribution is -2.53. The van der Waals surface area contributed by atoms with Crippen molar-refractivity contribution in [3.8, 4) is 0 Å². The van der Waals surface area contributed by atoms with Gasteiger partial charge in [0.25, 0.3) is 0 Å². The fourth-order valence-corrected chi connectivity index (χ4v) is 5.46. The first-order valence-electron chi connectivity index (χ1n) is 13.8. The Labute approximate surface area is 229 Å². The Hall–Kier alpha value is -3.72. The number of nitrogens with zero attached hydrogens (tertiary/aromatic N) is 1. The number of carboxylic acids is 1. The first-order chi connectivity index (χ1) is 18.9. The lowest BCUT2D eigenvalue weighted by Gasteiger charge is -2.28. The highest BCUT2D eigenvalue weighted by Gasteiger charge is 2.37. The Balaban J connectivity index is 1.46.